The highest BCUT2D eigenvalue weighted by atomic mass is 16.5. The number of ether oxygens (including phenoxy) is 1. The third-order valence-corrected chi connectivity index (χ3v) is 4.25. The molecule has 0 spiro atoms. The van der Waals surface area contributed by atoms with Crippen LogP contribution in [0.1, 0.15) is 43.0 Å². The maximum Gasteiger partial charge on any atom is 0.142 e. The zero-order valence-electron chi connectivity index (χ0n) is 14.0. The van der Waals surface area contributed by atoms with Gasteiger partial charge in [-0.15, -0.1) is 0 Å². The molecular weight excluding hydrogens is 270 g/mol. The van der Waals surface area contributed by atoms with Crippen LogP contribution in [0.4, 0.5) is 0 Å². The number of hydrogen-bond donors (Lipinski definition) is 0. The Morgan fingerprint density at radius 1 is 1.05 bits per heavy atom. The predicted octanol–water partition coefficient (Wildman–Crippen LogP) is 4.64. The topological polar surface area (TPSA) is 12.5 Å². The van der Waals surface area contributed by atoms with Crippen LogP contribution >= 0.6 is 0 Å². The SMILES string of the molecule is Cc1ccc(CN2COc3ccc(C(C)(C)C)cc3C2)cc1. The molecule has 3 rings (SSSR count). The van der Waals surface area contributed by atoms with E-state index in [1.807, 2.05) is 0 Å². The summed E-state index contributed by atoms with van der Waals surface area (Å²) in [6, 6.07) is 15.4. The number of fused-ring (bicyclic) bond motifs is 1. The van der Waals surface area contributed by atoms with Crippen molar-refractivity contribution in [1.82, 2.24) is 4.90 Å². The average Bonchev–Trinajstić information content (AvgIpc) is 2.48. The van der Waals surface area contributed by atoms with E-state index in [9.17, 15) is 0 Å². The van der Waals surface area contributed by atoms with Gasteiger partial charge in [-0.05, 0) is 29.5 Å². The number of nitrogens with zero attached hydrogens (tertiary/aromatic N) is 1. The lowest BCUT2D eigenvalue weighted by molar-refractivity contribution is 0.0886. The van der Waals surface area contributed by atoms with Crippen molar-refractivity contribution < 1.29 is 4.74 Å². The summed E-state index contributed by atoms with van der Waals surface area (Å²) in [5, 5.41) is 0. The van der Waals surface area contributed by atoms with E-state index in [0.29, 0.717) is 6.73 Å². The number of benzene rings is 2. The Hall–Kier alpha value is -1.80. The van der Waals surface area contributed by atoms with Crippen molar-refractivity contribution >= 4 is 0 Å². The maximum absolute atomic E-state index is 5.93. The summed E-state index contributed by atoms with van der Waals surface area (Å²) in [7, 11) is 0. The maximum atomic E-state index is 5.93. The van der Waals surface area contributed by atoms with Crippen molar-refractivity contribution in [2.24, 2.45) is 0 Å². The molecule has 116 valence electrons. The Morgan fingerprint density at radius 3 is 2.45 bits per heavy atom. The van der Waals surface area contributed by atoms with Gasteiger partial charge in [0, 0.05) is 18.7 Å². The van der Waals surface area contributed by atoms with Gasteiger partial charge >= 0.3 is 0 Å². The highest BCUT2D eigenvalue weighted by Gasteiger charge is 2.21. The Bertz CT molecular complexity index is 652. The van der Waals surface area contributed by atoms with E-state index in [1.54, 1.807) is 0 Å². The molecular formula is C20H25NO. The molecule has 0 bridgehead atoms. The van der Waals surface area contributed by atoms with E-state index < -0.39 is 0 Å². The third-order valence-electron chi connectivity index (χ3n) is 4.25. The van der Waals surface area contributed by atoms with E-state index in [1.165, 1.54) is 22.3 Å². The molecule has 2 aromatic rings. The third kappa shape index (κ3) is 3.33. The van der Waals surface area contributed by atoms with Gasteiger partial charge in [0.2, 0.25) is 0 Å². The van der Waals surface area contributed by atoms with Gasteiger partial charge in [-0.3, -0.25) is 4.90 Å². The van der Waals surface area contributed by atoms with Crippen LogP contribution in [0.2, 0.25) is 0 Å². The van der Waals surface area contributed by atoms with Crippen molar-refractivity contribution in [3.8, 4) is 5.75 Å². The van der Waals surface area contributed by atoms with Gasteiger partial charge in [-0.1, -0.05) is 62.7 Å². The summed E-state index contributed by atoms with van der Waals surface area (Å²) in [4.78, 5) is 2.35. The van der Waals surface area contributed by atoms with E-state index in [0.717, 1.165) is 18.8 Å². The van der Waals surface area contributed by atoms with Crippen LogP contribution in [0.5, 0.6) is 5.75 Å². The minimum atomic E-state index is 0.175. The quantitative estimate of drug-likeness (QED) is 0.800. The largest absolute Gasteiger partial charge is 0.478 e. The molecule has 0 unspecified atom stereocenters. The first-order valence-corrected chi connectivity index (χ1v) is 7.96. The lowest BCUT2D eigenvalue weighted by Gasteiger charge is -2.30. The molecule has 1 aliphatic rings. The predicted molar refractivity (Wildman–Crippen MR) is 91.1 cm³/mol. The summed E-state index contributed by atoms with van der Waals surface area (Å²) in [5.41, 5.74) is 5.48. The Balaban J connectivity index is 1.76. The fraction of sp³-hybridized carbons (Fsp3) is 0.400. The second-order valence-corrected chi connectivity index (χ2v) is 7.32. The second-order valence-electron chi connectivity index (χ2n) is 7.32. The smallest absolute Gasteiger partial charge is 0.142 e. The second kappa shape index (κ2) is 5.77. The standard InChI is InChI=1S/C20H25NO/c1-15-5-7-16(8-6-15)12-21-13-17-11-18(20(2,3)4)9-10-19(17)22-14-21/h5-11H,12-14H2,1-4H3. The van der Waals surface area contributed by atoms with Gasteiger partial charge in [0.1, 0.15) is 12.5 Å². The van der Waals surface area contributed by atoms with Gasteiger partial charge in [-0.25, -0.2) is 0 Å². The van der Waals surface area contributed by atoms with Crippen LogP contribution in [0.3, 0.4) is 0 Å². The summed E-state index contributed by atoms with van der Waals surface area (Å²) in [6.45, 7) is 11.4. The van der Waals surface area contributed by atoms with E-state index >= 15 is 0 Å². The molecule has 0 saturated carbocycles. The Kier molecular flexibility index (Phi) is 3.96. The molecule has 0 aliphatic carbocycles. The molecule has 22 heavy (non-hydrogen) atoms. The molecule has 0 atom stereocenters. The fourth-order valence-corrected chi connectivity index (χ4v) is 2.81. The van der Waals surface area contributed by atoms with Gasteiger partial charge in [0.25, 0.3) is 0 Å². The molecule has 0 fully saturated rings. The monoisotopic (exact) mass is 295 g/mol. The van der Waals surface area contributed by atoms with Crippen molar-refractivity contribution in [2.75, 3.05) is 6.73 Å². The molecule has 0 radical (unpaired) electrons. The molecule has 0 aromatic heterocycles. The summed E-state index contributed by atoms with van der Waals surface area (Å²) in [5.74, 6) is 1.04. The van der Waals surface area contributed by atoms with Crippen LogP contribution in [-0.2, 0) is 18.5 Å². The molecule has 0 amide bonds. The number of aryl methyl sites for hydroxylation is 1. The van der Waals surface area contributed by atoms with Crippen molar-refractivity contribution in [2.45, 2.75) is 46.2 Å². The van der Waals surface area contributed by atoms with E-state index in [-0.39, 0.29) is 5.41 Å². The lowest BCUT2D eigenvalue weighted by Crippen LogP contribution is -2.31. The van der Waals surface area contributed by atoms with Gasteiger partial charge in [0.05, 0.1) is 0 Å². The minimum absolute atomic E-state index is 0.175. The van der Waals surface area contributed by atoms with Crippen LogP contribution < -0.4 is 4.74 Å². The van der Waals surface area contributed by atoms with Gasteiger partial charge in [0.15, 0.2) is 0 Å². The van der Waals surface area contributed by atoms with Crippen molar-refractivity contribution in [1.29, 1.82) is 0 Å². The fourth-order valence-electron chi connectivity index (χ4n) is 2.81. The first-order chi connectivity index (χ1) is 10.4. The molecule has 1 heterocycles. The molecule has 2 aromatic carbocycles. The number of hydrogen-bond acceptors (Lipinski definition) is 2. The summed E-state index contributed by atoms with van der Waals surface area (Å²) in [6.07, 6.45) is 0. The summed E-state index contributed by atoms with van der Waals surface area (Å²) >= 11 is 0. The first kappa shape index (κ1) is 15.1. The first-order valence-electron chi connectivity index (χ1n) is 7.96. The lowest BCUT2D eigenvalue weighted by atomic mass is 9.86. The molecule has 0 N–H and O–H groups in total. The Morgan fingerprint density at radius 2 is 1.77 bits per heavy atom. The molecule has 1 aliphatic heterocycles. The van der Waals surface area contributed by atoms with Crippen LogP contribution in [-0.4, -0.2) is 11.6 Å². The number of rotatable bonds is 2. The molecule has 0 saturated heterocycles. The zero-order valence-corrected chi connectivity index (χ0v) is 14.0. The molecule has 2 heteroatoms. The van der Waals surface area contributed by atoms with Crippen molar-refractivity contribution in [3.05, 3.63) is 64.7 Å². The summed E-state index contributed by atoms with van der Waals surface area (Å²) < 4.78 is 5.93. The van der Waals surface area contributed by atoms with Crippen LogP contribution in [0.25, 0.3) is 0 Å². The Labute approximate surface area is 133 Å². The normalized spacial score (nSPS) is 15.3. The van der Waals surface area contributed by atoms with E-state index in [2.05, 4.69) is 75.1 Å². The van der Waals surface area contributed by atoms with E-state index in [4.69, 9.17) is 4.74 Å². The zero-order chi connectivity index (χ0) is 15.7. The minimum Gasteiger partial charge on any atom is -0.478 e. The molecule has 2 nitrogen and oxygen atoms in total. The van der Waals surface area contributed by atoms with Crippen LogP contribution in [0.15, 0.2) is 42.5 Å². The highest BCUT2D eigenvalue weighted by molar-refractivity contribution is 5.40. The van der Waals surface area contributed by atoms with Gasteiger partial charge < -0.3 is 4.74 Å². The van der Waals surface area contributed by atoms with Gasteiger partial charge in [-0.2, -0.15) is 0 Å². The van der Waals surface area contributed by atoms with Crippen molar-refractivity contribution in [3.63, 3.8) is 0 Å². The van der Waals surface area contributed by atoms with Crippen LogP contribution in [0, 0.1) is 6.92 Å². The highest BCUT2D eigenvalue weighted by Crippen LogP contribution is 2.31. The average molecular weight is 295 g/mol.